The van der Waals surface area contributed by atoms with Gasteiger partial charge in [0.1, 0.15) is 0 Å². The van der Waals surface area contributed by atoms with Gasteiger partial charge < -0.3 is 42.5 Å². The van der Waals surface area contributed by atoms with Crippen molar-refractivity contribution < 1.29 is 42.5 Å². The summed E-state index contributed by atoms with van der Waals surface area (Å²) in [4.78, 5) is 0. The molecule has 0 aromatic heterocycles. The van der Waals surface area contributed by atoms with Crippen molar-refractivity contribution in [2.75, 3.05) is 52.9 Å². The zero-order valence-electron chi connectivity index (χ0n) is 52.2. The van der Waals surface area contributed by atoms with E-state index in [9.17, 15) is 0 Å². The SMILES string of the molecule is CCC(C)COc1ccc(-c2cc(OCC(C)CC)c(OCC(C)CC)cc2P(=O)(c2ccccc2)c2cc(OCC(C)CC)c(OCC(C)CC)cc2-c2ccc(OCC(C)CC)c(OCC(C)CC)c2)cc1OCC(C)CC. The van der Waals surface area contributed by atoms with Gasteiger partial charge in [-0.25, -0.2) is 0 Å². The van der Waals surface area contributed by atoms with Crippen LogP contribution in [0.15, 0.2) is 91.0 Å². The lowest BCUT2D eigenvalue weighted by molar-refractivity contribution is 0.217. The van der Waals surface area contributed by atoms with Crippen LogP contribution in [-0.2, 0) is 4.57 Å². The molecule has 5 aromatic carbocycles. The van der Waals surface area contributed by atoms with Crippen molar-refractivity contribution in [1.82, 2.24) is 0 Å². The van der Waals surface area contributed by atoms with Gasteiger partial charge in [0.2, 0.25) is 0 Å². The molecule has 442 valence electrons. The molecule has 8 unspecified atom stereocenters. The Morgan fingerprint density at radius 2 is 0.537 bits per heavy atom. The summed E-state index contributed by atoms with van der Waals surface area (Å²) < 4.78 is 72.4. The van der Waals surface area contributed by atoms with Crippen molar-refractivity contribution in [2.24, 2.45) is 47.3 Å². The number of hydrogen-bond donors (Lipinski definition) is 0. The van der Waals surface area contributed by atoms with Crippen molar-refractivity contribution in [1.29, 1.82) is 0 Å². The fourth-order valence-electron chi connectivity index (χ4n) is 8.19. The summed E-state index contributed by atoms with van der Waals surface area (Å²) in [5, 5.41) is 1.82. The number of ether oxygens (including phenoxy) is 8. The monoisotopic (exact) mass is 1120 g/mol. The Morgan fingerprint density at radius 3 is 0.800 bits per heavy atom. The van der Waals surface area contributed by atoms with Gasteiger partial charge in [0.15, 0.2) is 53.1 Å². The second kappa shape index (κ2) is 33.0. The number of hydrogen-bond acceptors (Lipinski definition) is 9. The molecule has 0 saturated carbocycles. The highest BCUT2D eigenvalue weighted by atomic mass is 31.2. The minimum atomic E-state index is -4.07. The van der Waals surface area contributed by atoms with E-state index in [0.29, 0.717) is 138 Å². The quantitative estimate of drug-likeness (QED) is 0.0361. The summed E-state index contributed by atoms with van der Waals surface area (Å²) in [6.07, 6.45) is 7.67. The van der Waals surface area contributed by atoms with Gasteiger partial charge in [-0.1, -0.05) is 205 Å². The van der Waals surface area contributed by atoms with Crippen molar-refractivity contribution in [3.63, 3.8) is 0 Å². The van der Waals surface area contributed by atoms with Crippen LogP contribution in [-0.4, -0.2) is 52.9 Å². The summed E-state index contributed by atoms with van der Waals surface area (Å²) in [6.45, 7) is 39.0. The topological polar surface area (TPSA) is 90.9 Å². The minimum Gasteiger partial charge on any atom is -0.489 e. The van der Waals surface area contributed by atoms with Crippen molar-refractivity contribution in [3.05, 3.63) is 91.0 Å². The second-order valence-electron chi connectivity index (χ2n) is 23.5. The third-order valence-corrected chi connectivity index (χ3v) is 19.3. The Hall–Kier alpha value is -5.27. The average molecular weight is 1120 g/mol. The molecule has 0 aliphatic heterocycles. The Kier molecular flexibility index (Phi) is 27.0. The standard InChI is InChI=1S/C70H103O9P/c1-17-48(9)40-72-61-32-30-56(34-63(61)74-42-50(11)19-3)59-36-65(76-44-52(13)21-5)67(78-46-54(15)23-7)38-69(59)80(71,58-28-26-25-27-29-58)70-39-68(79-47-55(16)24-8)66(77-45-53(14)22-6)37-60(70)57-31-33-62(73-41-49(10)18-2)64(35-57)75-43-51(12)20-4/h25-39,48-55H,17-24,40-47H2,1-16H3. The minimum absolute atomic E-state index is 0.253. The second-order valence-corrected chi connectivity index (χ2v) is 26.2. The Morgan fingerprint density at radius 1 is 0.300 bits per heavy atom. The third-order valence-electron chi connectivity index (χ3n) is 16.2. The lowest BCUT2D eigenvalue weighted by atomic mass is 10.0. The molecule has 0 fully saturated rings. The Bertz CT molecular complexity index is 2510. The summed E-state index contributed by atoms with van der Waals surface area (Å²) in [5.74, 6) is 7.27. The maximum absolute atomic E-state index is 18.3. The van der Waals surface area contributed by atoms with Crippen molar-refractivity contribution in [3.8, 4) is 68.2 Å². The largest absolute Gasteiger partial charge is 0.489 e. The zero-order chi connectivity index (χ0) is 58.4. The number of benzene rings is 5. The fourth-order valence-corrected chi connectivity index (χ4v) is 11.3. The van der Waals surface area contributed by atoms with Gasteiger partial charge in [-0.05, 0) is 118 Å². The molecule has 0 N–H and O–H groups in total. The lowest BCUT2D eigenvalue weighted by Crippen LogP contribution is -2.29. The smallest absolute Gasteiger partial charge is 0.172 e. The van der Waals surface area contributed by atoms with Gasteiger partial charge >= 0.3 is 0 Å². The molecule has 8 atom stereocenters. The first-order valence-electron chi connectivity index (χ1n) is 30.8. The maximum Gasteiger partial charge on any atom is 0.172 e. The van der Waals surface area contributed by atoms with E-state index < -0.39 is 7.14 Å². The van der Waals surface area contributed by atoms with Crippen LogP contribution >= 0.6 is 7.14 Å². The summed E-state index contributed by atoms with van der Waals surface area (Å²) in [5.41, 5.74) is 3.07. The van der Waals surface area contributed by atoms with Crippen LogP contribution < -0.4 is 53.8 Å². The summed E-state index contributed by atoms with van der Waals surface area (Å²) in [6, 6.07) is 30.3. The Balaban J connectivity index is 2.02. The van der Waals surface area contributed by atoms with Crippen LogP contribution in [0.3, 0.4) is 0 Å². The molecule has 0 amide bonds. The van der Waals surface area contributed by atoms with E-state index in [-0.39, 0.29) is 23.7 Å². The van der Waals surface area contributed by atoms with Gasteiger partial charge in [-0.2, -0.15) is 0 Å². The van der Waals surface area contributed by atoms with Crippen LogP contribution in [0.4, 0.5) is 0 Å². The number of rotatable bonds is 37. The molecule has 80 heavy (non-hydrogen) atoms. The normalized spacial score (nSPS) is 15.3. The fraction of sp³-hybridized carbons (Fsp3) is 0.571. The van der Waals surface area contributed by atoms with Gasteiger partial charge in [0, 0.05) is 15.9 Å². The lowest BCUT2D eigenvalue weighted by Gasteiger charge is -2.29. The summed E-state index contributed by atoms with van der Waals surface area (Å²) >= 11 is 0. The molecule has 0 radical (unpaired) electrons. The molecule has 0 saturated heterocycles. The zero-order valence-corrected chi connectivity index (χ0v) is 53.1. The van der Waals surface area contributed by atoms with E-state index in [1.54, 1.807) is 0 Å². The van der Waals surface area contributed by atoms with Crippen LogP contribution in [0.1, 0.15) is 162 Å². The van der Waals surface area contributed by atoms with Gasteiger partial charge in [-0.3, -0.25) is 0 Å². The van der Waals surface area contributed by atoms with E-state index in [4.69, 9.17) is 37.9 Å². The van der Waals surface area contributed by atoms with Crippen LogP contribution in [0, 0.1) is 47.3 Å². The van der Waals surface area contributed by atoms with Crippen LogP contribution in [0.25, 0.3) is 22.3 Å². The molecule has 0 heterocycles. The first-order valence-corrected chi connectivity index (χ1v) is 32.5. The predicted octanol–water partition coefficient (Wildman–Crippen LogP) is 18.1. The first kappa shape index (κ1) is 65.5. The molecule has 5 rings (SSSR count). The molecule has 10 heteroatoms. The van der Waals surface area contributed by atoms with Crippen molar-refractivity contribution >= 4 is 23.1 Å². The molecule has 0 aliphatic rings. The first-order chi connectivity index (χ1) is 38.5. The molecular weight excluding hydrogens is 1020 g/mol. The van der Waals surface area contributed by atoms with Crippen LogP contribution in [0.5, 0.6) is 46.0 Å². The highest BCUT2D eigenvalue weighted by Crippen LogP contribution is 2.53. The summed E-state index contributed by atoms with van der Waals surface area (Å²) in [7, 11) is -4.07. The van der Waals surface area contributed by atoms with Gasteiger partial charge in [0.25, 0.3) is 0 Å². The van der Waals surface area contributed by atoms with Gasteiger partial charge in [-0.15, -0.1) is 0 Å². The highest BCUT2D eigenvalue weighted by molar-refractivity contribution is 7.85. The van der Waals surface area contributed by atoms with E-state index in [1.807, 2.05) is 54.6 Å². The molecular formula is C70H103O9P. The molecule has 0 bridgehead atoms. The van der Waals surface area contributed by atoms with E-state index in [2.05, 4.69) is 147 Å². The van der Waals surface area contributed by atoms with Crippen LogP contribution in [0.2, 0.25) is 0 Å². The average Bonchev–Trinajstić information content (AvgIpc) is 3.61. The maximum atomic E-state index is 18.3. The molecule has 5 aromatic rings. The molecule has 0 aliphatic carbocycles. The van der Waals surface area contributed by atoms with E-state index in [0.717, 1.165) is 73.6 Å². The molecule has 9 nitrogen and oxygen atoms in total. The van der Waals surface area contributed by atoms with Gasteiger partial charge in [0.05, 0.1) is 52.9 Å². The third kappa shape index (κ3) is 18.4. The highest BCUT2D eigenvalue weighted by Gasteiger charge is 2.38. The Labute approximate surface area is 484 Å². The van der Waals surface area contributed by atoms with E-state index >= 15 is 4.57 Å². The molecule has 0 spiro atoms. The van der Waals surface area contributed by atoms with E-state index in [1.165, 1.54) is 0 Å². The van der Waals surface area contributed by atoms with Crippen molar-refractivity contribution in [2.45, 2.75) is 162 Å². The predicted molar refractivity (Wildman–Crippen MR) is 336 cm³/mol.